The van der Waals surface area contributed by atoms with E-state index in [4.69, 9.17) is 9.84 Å². The van der Waals surface area contributed by atoms with E-state index >= 15 is 0 Å². The van der Waals surface area contributed by atoms with Crippen LogP contribution in [0.4, 0.5) is 0 Å². The van der Waals surface area contributed by atoms with Gasteiger partial charge in [-0.25, -0.2) is 0 Å². The molecule has 1 saturated heterocycles. The van der Waals surface area contributed by atoms with Gasteiger partial charge in [0.15, 0.2) is 0 Å². The van der Waals surface area contributed by atoms with E-state index in [0.29, 0.717) is 24.6 Å². The Morgan fingerprint density at radius 3 is 2.61 bits per heavy atom. The monoisotopic (exact) mass is 319 g/mol. The summed E-state index contributed by atoms with van der Waals surface area (Å²) in [5.74, 6) is 0.397. The lowest BCUT2D eigenvalue weighted by molar-refractivity contribution is -0.137. The van der Waals surface area contributed by atoms with Crippen LogP contribution in [-0.4, -0.2) is 41.1 Å². The summed E-state index contributed by atoms with van der Waals surface area (Å²) in [6.07, 6.45) is 2.63. The van der Waals surface area contributed by atoms with E-state index in [-0.39, 0.29) is 18.4 Å². The van der Waals surface area contributed by atoms with Crippen LogP contribution >= 0.6 is 0 Å². The van der Waals surface area contributed by atoms with Crippen LogP contribution in [0, 0.1) is 5.92 Å². The van der Waals surface area contributed by atoms with Crippen molar-refractivity contribution in [1.82, 2.24) is 4.90 Å². The molecule has 1 aromatic carbocycles. The first-order valence-electron chi connectivity index (χ1n) is 8.23. The van der Waals surface area contributed by atoms with Crippen molar-refractivity contribution < 1.29 is 19.4 Å². The number of aliphatic carboxylic acids is 1. The summed E-state index contributed by atoms with van der Waals surface area (Å²) in [4.78, 5) is 25.1. The quantitative estimate of drug-likeness (QED) is 0.838. The van der Waals surface area contributed by atoms with Gasteiger partial charge in [-0.3, -0.25) is 9.59 Å². The number of carbonyl (C=O) groups excluding carboxylic acids is 1. The van der Waals surface area contributed by atoms with E-state index in [2.05, 4.69) is 13.8 Å². The lowest BCUT2D eigenvalue weighted by Gasteiger charge is -2.23. The van der Waals surface area contributed by atoms with Crippen LogP contribution in [0.15, 0.2) is 24.3 Å². The highest BCUT2D eigenvalue weighted by molar-refractivity contribution is 5.95. The van der Waals surface area contributed by atoms with Gasteiger partial charge in [-0.15, -0.1) is 0 Å². The first-order chi connectivity index (χ1) is 11.0. The third kappa shape index (κ3) is 4.98. The number of amides is 1. The normalized spacial score (nSPS) is 17.5. The Kier molecular flexibility index (Phi) is 6.02. The zero-order chi connectivity index (χ0) is 16.8. The molecule has 0 radical (unpaired) electrons. The molecule has 1 unspecified atom stereocenters. The molecule has 1 N–H and O–H groups in total. The molecule has 1 atom stereocenters. The molecule has 1 amide bonds. The highest BCUT2D eigenvalue weighted by atomic mass is 16.5. The summed E-state index contributed by atoms with van der Waals surface area (Å²) in [5.41, 5.74) is 0.582. The number of benzene rings is 1. The summed E-state index contributed by atoms with van der Waals surface area (Å²) in [5, 5.41) is 8.95. The largest absolute Gasteiger partial charge is 0.494 e. The molecule has 23 heavy (non-hydrogen) atoms. The fourth-order valence-corrected chi connectivity index (χ4v) is 2.79. The van der Waals surface area contributed by atoms with Gasteiger partial charge in [0.05, 0.1) is 13.0 Å². The Morgan fingerprint density at radius 2 is 2.00 bits per heavy atom. The van der Waals surface area contributed by atoms with Crippen LogP contribution in [0.5, 0.6) is 5.75 Å². The maximum Gasteiger partial charge on any atom is 0.305 e. The molecule has 0 aliphatic carbocycles. The second-order valence-electron chi connectivity index (χ2n) is 6.45. The fraction of sp³-hybridized carbons (Fsp3) is 0.556. The first kappa shape index (κ1) is 17.3. The van der Waals surface area contributed by atoms with Crippen molar-refractivity contribution in [3.05, 3.63) is 29.8 Å². The summed E-state index contributed by atoms with van der Waals surface area (Å²) < 4.78 is 5.65. The van der Waals surface area contributed by atoms with Gasteiger partial charge in [-0.05, 0) is 49.4 Å². The number of hydrogen-bond donors (Lipinski definition) is 1. The molecule has 0 bridgehead atoms. The lowest BCUT2D eigenvalue weighted by Crippen LogP contribution is -2.36. The maximum atomic E-state index is 12.5. The number of hydrogen-bond acceptors (Lipinski definition) is 3. The second-order valence-corrected chi connectivity index (χ2v) is 6.45. The van der Waals surface area contributed by atoms with Crippen molar-refractivity contribution >= 4 is 11.9 Å². The molecule has 2 rings (SSSR count). The minimum absolute atomic E-state index is 0.0160. The van der Waals surface area contributed by atoms with Crippen LogP contribution in [0.1, 0.15) is 49.9 Å². The lowest BCUT2D eigenvalue weighted by atomic mass is 10.1. The molecule has 1 fully saturated rings. The number of ether oxygens (including phenoxy) is 1. The maximum absolute atomic E-state index is 12.5. The second kappa shape index (κ2) is 7.99. The predicted octanol–water partition coefficient (Wildman–Crippen LogP) is 3.19. The Bertz CT molecular complexity index is 538. The molecular weight excluding hydrogens is 294 g/mol. The minimum Gasteiger partial charge on any atom is -0.494 e. The Hall–Kier alpha value is -2.04. The number of carbonyl (C=O) groups is 2. The fourth-order valence-electron chi connectivity index (χ4n) is 2.79. The standard InChI is InChI=1S/C18H25NO4/c1-13(2)9-11-23-16-7-5-14(6-8-16)18(22)19-10-3-4-15(19)12-17(20)21/h5-8,13,15H,3-4,9-12H2,1-2H3,(H,20,21). The van der Waals surface area contributed by atoms with E-state index in [1.807, 2.05) is 0 Å². The molecule has 1 heterocycles. The van der Waals surface area contributed by atoms with Crippen molar-refractivity contribution in [2.45, 2.75) is 45.6 Å². The average molecular weight is 319 g/mol. The van der Waals surface area contributed by atoms with Crippen LogP contribution in [-0.2, 0) is 4.79 Å². The summed E-state index contributed by atoms with van der Waals surface area (Å²) in [6.45, 7) is 5.59. The van der Waals surface area contributed by atoms with Crippen LogP contribution < -0.4 is 4.74 Å². The zero-order valence-electron chi connectivity index (χ0n) is 13.8. The van der Waals surface area contributed by atoms with Gasteiger partial charge in [0.1, 0.15) is 5.75 Å². The molecule has 5 nitrogen and oxygen atoms in total. The van der Waals surface area contributed by atoms with E-state index < -0.39 is 5.97 Å². The number of carboxylic acids is 1. The third-order valence-corrected chi connectivity index (χ3v) is 4.11. The highest BCUT2D eigenvalue weighted by Crippen LogP contribution is 2.23. The molecule has 1 aliphatic heterocycles. The minimum atomic E-state index is -0.858. The number of carboxylic acid groups (broad SMARTS) is 1. The topological polar surface area (TPSA) is 66.8 Å². The molecule has 0 spiro atoms. The van der Waals surface area contributed by atoms with Gasteiger partial charge >= 0.3 is 5.97 Å². The average Bonchev–Trinajstić information content (AvgIpc) is 2.94. The zero-order valence-corrected chi connectivity index (χ0v) is 13.8. The van der Waals surface area contributed by atoms with E-state index in [1.54, 1.807) is 29.2 Å². The summed E-state index contributed by atoms with van der Waals surface area (Å²) >= 11 is 0. The van der Waals surface area contributed by atoms with Crippen LogP contribution in [0.25, 0.3) is 0 Å². The van der Waals surface area contributed by atoms with E-state index in [0.717, 1.165) is 25.0 Å². The number of rotatable bonds is 7. The van der Waals surface area contributed by atoms with Crippen molar-refractivity contribution in [1.29, 1.82) is 0 Å². The van der Waals surface area contributed by atoms with Crippen LogP contribution in [0.3, 0.4) is 0 Å². The van der Waals surface area contributed by atoms with Crippen molar-refractivity contribution in [2.75, 3.05) is 13.2 Å². The van der Waals surface area contributed by atoms with Gasteiger partial charge in [0.2, 0.25) is 0 Å². The molecule has 126 valence electrons. The Labute approximate surface area is 137 Å². The van der Waals surface area contributed by atoms with E-state index in [9.17, 15) is 9.59 Å². The molecule has 0 aromatic heterocycles. The van der Waals surface area contributed by atoms with Crippen LogP contribution in [0.2, 0.25) is 0 Å². The smallest absolute Gasteiger partial charge is 0.305 e. The van der Waals surface area contributed by atoms with Gasteiger partial charge in [0.25, 0.3) is 5.91 Å². The van der Waals surface area contributed by atoms with Gasteiger partial charge in [-0.1, -0.05) is 13.8 Å². The van der Waals surface area contributed by atoms with Gasteiger partial charge in [-0.2, -0.15) is 0 Å². The van der Waals surface area contributed by atoms with Gasteiger partial charge < -0.3 is 14.7 Å². The SMILES string of the molecule is CC(C)CCOc1ccc(C(=O)N2CCCC2CC(=O)O)cc1. The van der Waals surface area contributed by atoms with Crippen molar-refractivity contribution in [3.8, 4) is 5.75 Å². The third-order valence-electron chi connectivity index (χ3n) is 4.11. The Morgan fingerprint density at radius 1 is 1.30 bits per heavy atom. The van der Waals surface area contributed by atoms with Crippen molar-refractivity contribution in [2.24, 2.45) is 5.92 Å². The predicted molar refractivity (Wildman–Crippen MR) is 87.7 cm³/mol. The number of nitrogens with zero attached hydrogens (tertiary/aromatic N) is 1. The molecular formula is C18H25NO4. The first-order valence-corrected chi connectivity index (χ1v) is 8.23. The van der Waals surface area contributed by atoms with Crippen molar-refractivity contribution in [3.63, 3.8) is 0 Å². The van der Waals surface area contributed by atoms with E-state index in [1.165, 1.54) is 0 Å². The number of likely N-dealkylation sites (tertiary alicyclic amines) is 1. The Balaban J connectivity index is 1.95. The summed E-state index contributed by atoms with van der Waals surface area (Å²) in [6, 6.07) is 6.92. The molecule has 0 saturated carbocycles. The molecule has 1 aromatic rings. The summed E-state index contributed by atoms with van der Waals surface area (Å²) in [7, 11) is 0. The molecule has 5 heteroatoms. The highest BCUT2D eigenvalue weighted by Gasteiger charge is 2.30. The van der Waals surface area contributed by atoms with Gasteiger partial charge in [0, 0.05) is 18.2 Å². The molecule has 1 aliphatic rings.